The third kappa shape index (κ3) is 2.05. The molecule has 0 amide bonds. The quantitative estimate of drug-likeness (QED) is 0.646. The minimum atomic E-state index is 0.865. The van der Waals surface area contributed by atoms with E-state index in [-0.39, 0.29) is 0 Å². The molecule has 23 heavy (non-hydrogen) atoms. The van der Waals surface area contributed by atoms with Crippen LogP contribution in [0.2, 0.25) is 0 Å². The van der Waals surface area contributed by atoms with Crippen LogP contribution in [-0.4, -0.2) is 20.1 Å². The highest BCUT2D eigenvalue weighted by molar-refractivity contribution is 5.68. The van der Waals surface area contributed by atoms with Gasteiger partial charge in [-0.25, -0.2) is 9.57 Å². The van der Waals surface area contributed by atoms with E-state index in [9.17, 15) is 0 Å². The molecule has 0 atom stereocenters. The number of hydrogen-bond donors (Lipinski definition) is 1. The van der Waals surface area contributed by atoms with Gasteiger partial charge in [0.2, 0.25) is 5.36 Å². The van der Waals surface area contributed by atoms with Crippen molar-refractivity contribution in [2.24, 2.45) is 4.99 Å². The largest absolute Gasteiger partial charge is 0.452 e. The van der Waals surface area contributed by atoms with Crippen molar-refractivity contribution in [1.82, 2.24) is 4.58 Å². The summed E-state index contributed by atoms with van der Waals surface area (Å²) in [6.07, 6.45) is 4.64. The second-order valence-corrected chi connectivity index (χ2v) is 6.70. The van der Waals surface area contributed by atoms with Gasteiger partial charge in [0.05, 0.1) is 6.07 Å². The Hall–Kier alpha value is -2.36. The van der Waals surface area contributed by atoms with Gasteiger partial charge >= 0.3 is 0 Å². The van der Waals surface area contributed by atoms with Crippen molar-refractivity contribution in [2.75, 3.05) is 25.5 Å². The van der Waals surface area contributed by atoms with Crippen LogP contribution in [-0.2, 0) is 12.8 Å². The van der Waals surface area contributed by atoms with Crippen LogP contribution in [0.4, 0.5) is 11.4 Å². The van der Waals surface area contributed by atoms with Gasteiger partial charge in [-0.2, -0.15) is 0 Å². The average molecular weight is 306 g/mol. The minimum absolute atomic E-state index is 0.865. The van der Waals surface area contributed by atoms with Crippen LogP contribution in [0.15, 0.2) is 29.3 Å². The Balaban J connectivity index is 1.72. The van der Waals surface area contributed by atoms with Crippen molar-refractivity contribution >= 4 is 11.4 Å². The highest BCUT2D eigenvalue weighted by Gasteiger charge is 2.21. The Labute approximate surface area is 135 Å². The second kappa shape index (κ2) is 4.82. The van der Waals surface area contributed by atoms with E-state index in [2.05, 4.69) is 41.2 Å². The number of benzene rings is 2. The van der Waals surface area contributed by atoms with Crippen molar-refractivity contribution < 1.29 is 4.74 Å². The van der Waals surface area contributed by atoms with E-state index in [1.807, 2.05) is 0 Å². The van der Waals surface area contributed by atoms with E-state index in [4.69, 9.17) is 9.73 Å². The maximum atomic E-state index is 6.20. The number of anilines is 1. The summed E-state index contributed by atoms with van der Waals surface area (Å²) in [6, 6.07) is 8.66. The second-order valence-electron chi connectivity index (χ2n) is 6.70. The summed E-state index contributed by atoms with van der Waals surface area (Å²) >= 11 is 0. The maximum absolute atomic E-state index is 6.20. The van der Waals surface area contributed by atoms with Crippen molar-refractivity contribution in [2.45, 2.75) is 25.7 Å². The normalized spacial score (nSPS) is 17.7. The molecule has 4 nitrogen and oxygen atoms in total. The molecule has 4 heteroatoms. The van der Waals surface area contributed by atoms with Crippen molar-refractivity contribution in [3.05, 3.63) is 46.1 Å². The van der Waals surface area contributed by atoms with Crippen molar-refractivity contribution in [3.8, 4) is 11.5 Å². The average Bonchev–Trinajstić information content (AvgIpc) is 2.57. The summed E-state index contributed by atoms with van der Waals surface area (Å²) in [5.74, 6) is 1.74. The summed E-state index contributed by atoms with van der Waals surface area (Å²) in [5.41, 5.74) is 4.89. The Morgan fingerprint density at radius 1 is 1.04 bits per heavy atom. The SMILES string of the molecule is C[N+]1=c2cc3c(cc2CCC1)=Nc1cc2c(cc1O3)NCCC2. The fraction of sp³-hybridized carbons (Fsp3) is 0.368. The first-order valence-corrected chi connectivity index (χ1v) is 8.46. The van der Waals surface area contributed by atoms with Gasteiger partial charge in [-0.05, 0) is 37.0 Å². The number of rotatable bonds is 0. The van der Waals surface area contributed by atoms with E-state index in [0.29, 0.717) is 0 Å². The molecule has 116 valence electrons. The van der Waals surface area contributed by atoms with E-state index in [0.717, 1.165) is 48.5 Å². The molecule has 0 saturated heterocycles. The van der Waals surface area contributed by atoms with Crippen LogP contribution >= 0.6 is 0 Å². The molecule has 0 unspecified atom stereocenters. The van der Waals surface area contributed by atoms with E-state index < -0.39 is 0 Å². The highest BCUT2D eigenvalue weighted by Crippen LogP contribution is 2.39. The van der Waals surface area contributed by atoms with Gasteiger partial charge in [0, 0.05) is 30.3 Å². The summed E-state index contributed by atoms with van der Waals surface area (Å²) in [7, 11) is 2.15. The summed E-state index contributed by atoms with van der Waals surface area (Å²) in [6.45, 7) is 2.15. The van der Waals surface area contributed by atoms with Crippen LogP contribution < -0.4 is 25.3 Å². The van der Waals surface area contributed by atoms with Gasteiger partial charge in [-0.15, -0.1) is 0 Å². The van der Waals surface area contributed by atoms with Gasteiger partial charge in [-0.3, -0.25) is 0 Å². The lowest BCUT2D eigenvalue weighted by Gasteiger charge is -2.22. The van der Waals surface area contributed by atoms with Gasteiger partial charge in [-0.1, -0.05) is 0 Å². The molecule has 2 aromatic rings. The van der Waals surface area contributed by atoms with Gasteiger partial charge < -0.3 is 10.1 Å². The Morgan fingerprint density at radius 2 is 1.96 bits per heavy atom. The molecule has 0 bridgehead atoms. The minimum Gasteiger partial charge on any atom is -0.452 e. The van der Waals surface area contributed by atoms with E-state index >= 15 is 0 Å². The first-order valence-electron chi connectivity index (χ1n) is 8.46. The molecule has 0 spiro atoms. The summed E-state index contributed by atoms with van der Waals surface area (Å²) < 4.78 is 8.51. The molecular formula is C19H20N3O+. The lowest BCUT2D eigenvalue weighted by Crippen LogP contribution is -2.36. The lowest BCUT2D eigenvalue weighted by atomic mass is 10.0. The molecule has 2 aromatic carbocycles. The zero-order valence-electron chi connectivity index (χ0n) is 13.4. The number of hydrogen-bond acceptors (Lipinski definition) is 3. The molecule has 0 aliphatic carbocycles. The topological polar surface area (TPSA) is 36.6 Å². The zero-order valence-corrected chi connectivity index (χ0v) is 13.4. The van der Waals surface area contributed by atoms with Crippen LogP contribution in [0, 0.1) is 0 Å². The summed E-state index contributed by atoms with van der Waals surface area (Å²) in [5, 5.41) is 5.71. The number of fused-ring (bicyclic) bond motifs is 4. The fourth-order valence-electron chi connectivity index (χ4n) is 3.86. The lowest BCUT2D eigenvalue weighted by molar-refractivity contribution is 0.465. The summed E-state index contributed by atoms with van der Waals surface area (Å²) in [4.78, 5) is 4.88. The molecule has 0 aromatic heterocycles. The predicted octanol–water partition coefficient (Wildman–Crippen LogP) is 2.17. The predicted molar refractivity (Wildman–Crippen MR) is 90.6 cm³/mol. The number of nitrogens with zero attached hydrogens (tertiary/aromatic N) is 2. The zero-order chi connectivity index (χ0) is 15.4. The smallest absolute Gasteiger partial charge is 0.206 e. The molecule has 0 radical (unpaired) electrons. The molecule has 0 saturated carbocycles. The Bertz CT molecular complexity index is 946. The third-order valence-corrected chi connectivity index (χ3v) is 5.10. The van der Waals surface area contributed by atoms with Crippen LogP contribution in [0.25, 0.3) is 0 Å². The Kier molecular flexibility index (Phi) is 2.75. The monoisotopic (exact) mass is 306 g/mol. The van der Waals surface area contributed by atoms with Crippen LogP contribution in [0.3, 0.4) is 0 Å². The highest BCUT2D eigenvalue weighted by atomic mass is 16.5. The maximum Gasteiger partial charge on any atom is 0.206 e. The number of nitrogens with one attached hydrogen (secondary N) is 1. The molecular weight excluding hydrogens is 286 g/mol. The number of aryl methyl sites for hydroxylation is 2. The molecule has 3 aliphatic heterocycles. The standard InChI is InChI=1S/C19H19N3O/c1-22-7-3-5-13-9-16-19(11-17(13)22)23-18-10-14-12(4-2-6-20-14)8-15(18)21-16/h8-11H,2-7H2,1H3/p+1. The van der Waals surface area contributed by atoms with E-state index in [1.54, 1.807) is 0 Å². The van der Waals surface area contributed by atoms with Gasteiger partial charge in [0.15, 0.2) is 11.5 Å². The first-order chi connectivity index (χ1) is 11.3. The van der Waals surface area contributed by atoms with E-state index in [1.165, 1.54) is 35.0 Å². The molecule has 0 fully saturated rings. The fourth-order valence-corrected chi connectivity index (χ4v) is 3.86. The first kappa shape index (κ1) is 13.1. The molecule has 5 rings (SSSR count). The van der Waals surface area contributed by atoms with Crippen molar-refractivity contribution in [3.63, 3.8) is 0 Å². The molecule has 3 heterocycles. The molecule has 3 aliphatic rings. The van der Waals surface area contributed by atoms with Crippen molar-refractivity contribution in [1.29, 1.82) is 0 Å². The van der Waals surface area contributed by atoms with Gasteiger partial charge in [0.25, 0.3) is 0 Å². The van der Waals surface area contributed by atoms with Gasteiger partial charge in [0.1, 0.15) is 24.6 Å². The molecule has 1 N–H and O–H groups in total. The third-order valence-electron chi connectivity index (χ3n) is 5.10. The van der Waals surface area contributed by atoms with Crippen LogP contribution in [0.1, 0.15) is 24.0 Å². The Morgan fingerprint density at radius 3 is 2.91 bits per heavy atom. The number of ether oxygens (including phenoxy) is 1. The van der Waals surface area contributed by atoms with Crippen LogP contribution in [0.5, 0.6) is 11.5 Å².